The summed E-state index contributed by atoms with van der Waals surface area (Å²) in [6.45, 7) is 5.73. The first-order valence-corrected chi connectivity index (χ1v) is 3.42. The fraction of sp³-hybridized carbons (Fsp3) is 0.857. The third-order valence-corrected chi connectivity index (χ3v) is 1.42. The fourth-order valence-corrected chi connectivity index (χ4v) is 0.374. The topological polar surface area (TPSA) is 38.3 Å². The number of hydrogen-bond donors (Lipinski definition) is 1. The van der Waals surface area contributed by atoms with Crippen molar-refractivity contribution in [3.05, 3.63) is 0 Å². The highest BCUT2D eigenvalue weighted by molar-refractivity contribution is 5.67. The van der Waals surface area contributed by atoms with Crippen LogP contribution in [0, 0.1) is 0 Å². The number of hydrogen-bond acceptors (Lipinski definition) is 2. The first-order chi connectivity index (χ1) is 4.52. The first kappa shape index (κ1) is 9.27. The van der Waals surface area contributed by atoms with E-state index in [2.05, 4.69) is 5.32 Å². The number of carbonyl (C=O) groups is 1. The zero-order valence-corrected chi connectivity index (χ0v) is 7.02. The molecule has 0 heterocycles. The summed E-state index contributed by atoms with van der Waals surface area (Å²) < 4.78 is 4.99. The molecule has 0 unspecified atom stereocenters. The molecule has 0 aromatic carbocycles. The quantitative estimate of drug-likeness (QED) is 0.640. The minimum absolute atomic E-state index is 0.347. The smallest absolute Gasteiger partial charge is 0.407 e. The highest BCUT2D eigenvalue weighted by Crippen LogP contribution is 2.12. The third kappa shape index (κ3) is 3.33. The summed E-state index contributed by atoms with van der Waals surface area (Å²) in [5.74, 6) is 0. The second-order valence-electron chi connectivity index (χ2n) is 2.75. The van der Waals surface area contributed by atoms with Gasteiger partial charge in [0, 0.05) is 7.05 Å². The van der Waals surface area contributed by atoms with Gasteiger partial charge in [0.05, 0.1) is 0 Å². The van der Waals surface area contributed by atoms with Crippen LogP contribution in [0.25, 0.3) is 0 Å². The van der Waals surface area contributed by atoms with Crippen molar-refractivity contribution in [2.45, 2.75) is 32.8 Å². The van der Waals surface area contributed by atoms with Crippen LogP contribution in [0.3, 0.4) is 0 Å². The Morgan fingerprint density at radius 3 is 2.40 bits per heavy atom. The van der Waals surface area contributed by atoms with Crippen molar-refractivity contribution >= 4 is 6.09 Å². The molecule has 10 heavy (non-hydrogen) atoms. The van der Waals surface area contributed by atoms with E-state index in [0.29, 0.717) is 0 Å². The number of carbonyl (C=O) groups excluding carboxylic acids is 1. The lowest BCUT2D eigenvalue weighted by Crippen LogP contribution is -2.32. The van der Waals surface area contributed by atoms with Gasteiger partial charge in [0.15, 0.2) is 0 Å². The predicted octanol–water partition coefficient (Wildman–Crippen LogP) is 1.53. The molecule has 0 saturated heterocycles. The Hall–Kier alpha value is -0.730. The third-order valence-electron chi connectivity index (χ3n) is 1.42. The van der Waals surface area contributed by atoms with Gasteiger partial charge in [-0.25, -0.2) is 4.79 Å². The van der Waals surface area contributed by atoms with E-state index in [9.17, 15) is 4.79 Å². The molecule has 0 spiro atoms. The van der Waals surface area contributed by atoms with Crippen LogP contribution in [0.2, 0.25) is 0 Å². The fourth-order valence-electron chi connectivity index (χ4n) is 0.374. The van der Waals surface area contributed by atoms with Gasteiger partial charge in [0.1, 0.15) is 5.60 Å². The van der Waals surface area contributed by atoms with Crippen molar-refractivity contribution < 1.29 is 9.53 Å². The van der Waals surface area contributed by atoms with Crippen molar-refractivity contribution in [3.8, 4) is 0 Å². The molecule has 0 saturated carbocycles. The molecule has 1 N–H and O–H groups in total. The maximum atomic E-state index is 10.7. The van der Waals surface area contributed by atoms with Gasteiger partial charge < -0.3 is 10.1 Å². The molecule has 3 nitrogen and oxygen atoms in total. The van der Waals surface area contributed by atoms with Crippen LogP contribution in [0.1, 0.15) is 27.2 Å². The molecule has 60 valence electrons. The lowest BCUT2D eigenvalue weighted by molar-refractivity contribution is 0.0376. The number of alkyl carbamates (subject to hydrolysis) is 1. The molecule has 0 radical (unpaired) electrons. The van der Waals surface area contributed by atoms with E-state index in [0.717, 1.165) is 6.42 Å². The molecule has 0 atom stereocenters. The minimum atomic E-state index is -0.369. The summed E-state index contributed by atoms with van der Waals surface area (Å²) in [6.07, 6.45) is 0.451. The van der Waals surface area contributed by atoms with E-state index in [1.807, 2.05) is 20.8 Å². The molecule has 0 aromatic rings. The monoisotopic (exact) mass is 145 g/mol. The Balaban J connectivity index is 3.76. The summed E-state index contributed by atoms with van der Waals surface area (Å²) >= 11 is 0. The van der Waals surface area contributed by atoms with Crippen LogP contribution < -0.4 is 5.32 Å². The van der Waals surface area contributed by atoms with Crippen molar-refractivity contribution in [1.29, 1.82) is 0 Å². The van der Waals surface area contributed by atoms with Crippen LogP contribution in [0.5, 0.6) is 0 Å². The molecule has 0 fully saturated rings. The number of nitrogens with one attached hydrogen (secondary N) is 1. The van der Waals surface area contributed by atoms with Crippen molar-refractivity contribution in [3.63, 3.8) is 0 Å². The molecule has 3 heteroatoms. The van der Waals surface area contributed by atoms with Gasteiger partial charge in [-0.15, -0.1) is 0 Å². The van der Waals surface area contributed by atoms with Gasteiger partial charge >= 0.3 is 6.09 Å². The predicted molar refractivity (Wildman–Crippen MR) is 39.9 cm³/mol. The normalized spacial score (nSPS) is 10.8. The Labute approximate surface area is 61.8 Å². The summed E-state index contributed by atoms with van der Waals surface area (Å²) in [6, 6.07) is 0. The average molecular weight is 145 g/mol. The lowest BCUT2D eigenvalue weighted by Gasteiger charge is -2.22. The van der Waals surface area contributed by atoms with Gasteiger partial charge in [-0.3, -0.25) is 0 Å². The van der Waals surface area contributed by atoms with Gasteiger partial charge in [0.25, 0.3) is 0 Å². The van der Waals surface area contributed by atoms with Crippen LogP contribution >= 0.6 is 0 Å². The zero-order chi connectivity index (χ0) is 8.20. The lowest BCUT2D eigenvalue weighted by atomic mass is 10.1. The summed E-state index contributed by atoms with van der Waals surface area (Å²) in [5.41, 5.74) is -0.347. The second kappa shape index (κ2) is 3.44. The molecule has 0 aliphatic rings. The highest BCUT2D eigenvalue weighted by Gasteiger charge is 2.18. The SMILES string of the molecule is CCC(C)(C)OC(=O)NC. The van der Waals surface area contributed by atoms with Gasteiger partial charge in [-0.2, -0.15) is 0 Å². The number of ether oxygens (including phenoxy) is 1. The van der Waals surface area contributed by atoms with E-state index < -0.39 is 0 Å². The Morgan fingerprint density at radius 1 is 1.60 bits per heavy atom. The van der Waals surface area contributed by atoms with Crippen LogP contribution in [-0.4, -0.2) is 18.7 Å². The van der Waals surface area contributed by atoms with Gasteiger partial charge in [0.2, 0.25) is 0 Å². The van der Waals surface area contributed by atoms with E-state index in [1.54, 1.807) is 7.05 Å². The average Bonchev–Trinajstić information content (AvgIpc) is 1.87. The second-order valence-corrected chi connectivity index (χ2v) is 2.75. The standard InChI is InChI=1S/C7H15NO2/c1-5-7(2,3)10-6(9)8-4/h5H2,1-4H3,(H,8,9). The van der Waals surface area contributed by atoms with E-state index in [-0.39, 0.29) is 11.7 Å². The summed E-state index contributed by atoms with van der Waals surface area (Å²) in [5, 5.41) is 2.39. The van der Waals surface area contributed by atoms with Crippen molar-refractivity contribution in [1.82, 2.24) is 5.32 Å². The van der Waals surface area contributed by atoms with Crippen molar-refractivity contribution in [2.75, 3.05) is 7.05 Å². The van der Waals surface area contributed by atoms with E-state index >= 15 is 0 Å². The van der Waals surface area contributed by atoms with Crippen LogP contribution in [0.15, 0.2) is 0 Å². The molecule has 1 amide bonds. The molecular formula is C7H15NO2. The van der Waals surface area contributed by atoms with E-state index in [1.165, 1.54) is 0 Å². The molecule has 0 aliphatic carbocycles. The molecular weight excluding hydrogens is 130 g/mol. The maximum Gasteiger partial charge on any atom is 0.407 e. The van der Waals surface area contributed by atoms with Crippen molar-refractivity contribution in [2.24, 2.45) is 0 Å². The molecule has 0 bridgehead atoms. The number of amides is 1. The largest absolute Gasteiger partial charge is 0.444 e. The summed E-state index contributed by atoms with van der Waals surface area (Å²) in [4.78, 5) is 10.7. The summed E-state index contributed by atoms with van der Waals surface area (Å²) in [7, 11) is 1.55. The van der Waals surface area contributed by atoms with Gasteiger partial charge in [-0.1, -0.05) is 6.92 Å². The first-order valence-electron chi connectivity index (χ1n) is 3.42. The molecule has 0 rings (SSSR count). The maximum absolute atomic E-state index is 10.7. The Bertz CT molecular complexity index is 121. The Morgan fingerprint density at radius 2 is 2.10 bits per heavy atom. The van der Waals surface area contributed by atoms with Crippen LogP contribution in [-0.2, 0) is 4.74 Å². The Kier molecular flexibility index (Phi) is 3.19. The molecule has 0 aliphatic heterocycles. The van der Waals surface area contributed by atoms with Gasteiger partial charge in [-0.05, 0) is 20.3 Å². The number of rotatable bonds is 2. The minimum Gasteiger partial charge on any atom is -0.444 e. The van der Waals surface area contributed by atoms with E-state index in [4.69, 9.17) is 4.74 Å². The zero-order valence-electron chi connectivity index (χ0n) is 7.02. The highest BCUT2D eigenvalue weighted by atomic mass is 16.6. The van der Waals surface area contributed by atoms with Crippen LogP contribution in [0.4, 0.5) is 4.79 Å². The molecule has 0 aromatic heterocycles.